The number of pyridine rings is 1. The molecule has 12 aromatic rings. The molecule has 0 saturated heterocycles. The van der Waals surface area contributed by atoms with Crippen molar-refractivity contribution in [3.8, 4) is 78.7 Å². The Balaban J connectivity index is 1.01. The Morgan fingerprint density at radius 2 is 0.935 bits per heavy atom. The minimum absolute atomic E-state index is 0.658. The summed E-state index contributed by atoms with van der Waals surface area (Å²) >= 11 is 0. The van der Waals surface area contributed by atoms with Gasteiger partial charge in [-0.05, 0) is 58.5 Å². The van der Waals surface area contributed by atoms with Crippen LogP contribution in [0, 0.1) is 0 Å². The average molecular weight is 793 g/mol. The molecule has 0 aliphatic heterocycles. The molecule has 0 amide bonds. The molecule has 0 saturated carbocycles. The van der Waals surface area contributed by atoms with Crippen LogP contribution in [0.1, 0.15) is 0 Å². The summed E-state index contributed by atoms with van der Waals surface area (Å²) in [6, 6.07) is 76.2. The van der Waals surface area contributed by atoms with Crippen LogP contribution in [0.2, 0.25) is 0 Å². The Labute approximate surface area is 357 Å². The van der Waals surface area contributed by atoms with Crippen molar-refractivity contribution >= 4 is 38.2 Å². The molecule has 0 bridgehead atoms. The second-order valence-corrected chi connectivity index (χ2v) is 15.6. The lowest BCUT2D eigenvalue weighted by Crippen LogP contribution is -1.96. The zero-order chi connectivity index (χ0) is 41.0. The Bertz CT molecular complexity index is 3610. The van der Waals surface area contributed by atoms with E-state index in [1.165, 1.54) is 0 Å². The molecule has 8 aromatic carbocycles. The monoisotopic (exact) mass is 792 g/mol. The number of fused-ring (bicyclic) bond motifs is 6. The highest BCUT2D eigenvalue weighted by Gasteiger charge is 2.22. The third-order valence-electron chi connectivity index (χ3n) is 11.8. The normalized spacial score (nSPS) is 11.5. The van der Waals surface area contributed by atoms with Crippen molar-refractivity contribution in [2.24, 2.45) is 0 Å². The maximum absolute atomic E-state index is 6.22. The van der Waals surface area contributed by atoms with E-state index in [-0.39, 0.29) is 0 Å². The maximum atomic E-state index is 6.22. The molecule has 0 N–H and O–H groups in total. The molecule has 12 rings (SSSR count). The van der Waals surface area contributed by atoms with Crippen LogP contribution < -0.4 is 0 Å². The van der Waals surface area contributed by atoms with E-state index >= 15 is 0 Å². The van der Waals surface area contributed by atoms with Crippen LogP contribution >= 0.6 is 0 Å². The van der Waals surface area contributed by atoms with E-state index < -0.39 is 0 Å². The van der Waals surface area contributed by atoms with E-state index in [2.05, 4.69) is 199 Å². The molecule has 0 unspecified atom stereocenters. The predicted octanol–water partition coefficient (Wildman–Crippen LogP) is 14.8. The molecular formula is C57H36N4O. The van der Waals surface area contributed by atoms with Crippen molar-refractivity contribution in [3.05, 3.63) is 218 Å². The van der Waals surface area contributed by atoms with Crippen LogP contribution in [-0.2, 0) is 0 Å². The number of aromatic nitrogens is 4. The Morgan fingerprint density at radius 3 is 1.71 bits per heavy atom. The Kier molecular flexibility index (Phi) is 8.42. The third kappa shape index (κ3) is 6.14. The number of hydrogen-bond donors (Lipinski definition) is 0. The van der Waals surface area contributed by atoms with Crippen molar-refractivity contribution in [1.29, 1.82) is 0 Å². The molecule has 0 radical (unpaired) electrons. The van der Waals surface area contributed by atoms with Crippen molar-refractivity contribution in [2.45, 2.75) is 0 Å². The lowest BCUT2D eigenvalue weighted by atomic mass is 9.95. The molecular weight excluding hydrogens is 757 g/mol. The van der Waals surface area contributed by atoms with E-state index in [0.29, 0.717) is 5.82 Å². The van der Waals surface area contributed by atoms with Crippen LogP contribution in [0.25, 0.3) is 117 Å². The van der Waals surface area contributed by atoms with Crippen LogP contribution in [0.15, 0.2) is 223 Å². The first-order valence-corrected chi connectivity index (χ1v) is 20.8. The smallest absolute Gasteiger partial charge is 0.160 e. The van der Waals surface area contributed by atoms with E-state index in [1.54, 1.807) is 0 Å². The second-order valence-electron chi connectivity index (χ2n) is 15.6. The largest absolute Gasteiger partial charge is 0.456 e. The summed E-state index contributed by atoms with van der Waals surface area (Å²) in [5.74, 6) is 0.658. The standard InChI is InChI=1S/C57H36N4O/c1-4-15-38(16-5-1)49-36-50(59-57(58-49)41-29-27-37(28-30-41)42-31-32-48-47-25-12-13-26-52(47)62-53(48)35-42)44-22-14-23-45(33-44)54-55(40-19-8-3-9-20-40)60-61-51(39-17-6-2-7-18-39)34-43-21-10-11-24-46(43)56(54)61/h1-36H. The molecule has 0 atom stereocenters. The summed E-state index contributed by atoms with van der Waals surface area (Å²) in [4.78, 5) is 10.5. The topological polar surface area (TPSA) is 56.2 Å². The average Bonchev–Trinajstić information content (AvgIpc) is 3.94. The number of furan rings is 1. The molecule has 5 heteroatoms. The zero-order valence-electron chi connectivity index (χ0n) is 33.5. The first kappa shape index (κ1) is 35.5. The van der Waals surface area contributed by atoms with Gasteiger partial charge in [-0.15, -0.1) is 0 Å². The van der Waals surface area contributed by atoms with Gasteiger partial charge in [0.05, 0.1) is 22.6 Å². The van der Waals surface area contributed by atoms with Gasteiger partial charge in [0.2, 0.25) is 0 Å². The van der Waals surface area contributed by atoms with Gasteiger partial charge >= 0.3 is 0 Å². The first-order chi connectivity index (χ1) is 30.7. The zero-order valence-corrected chi connectivity index (χ0v) is 33.5. The molecule has 62 heavy (non-hydrogen) atoms. The quantitative estimate of drug-likeness (QED) is 0.161. The van der Waals surface area contributed by atoms with E-state index in [4.69, 9.17) is 19.5 Å². The highest BCUT2D eigenvalue weighted by atomic mass is 16.3. The number of hydrogen-bond acceptors (Lipinski definition) is 4. The lowest BCUT2D eigenvalue weighted by molar-refractivity contribution is 0.669. The minimum atomic E-state index is 0.658. The Hall–Kier alpha value is -8.41. The fourth-order valence-electron chi connectivity index (χ4n) is 8.81. The number of para-hydroxylation sites is 1. The summed E-state index contributed by atoms with van der Waals surface area (Å²) in [7, 11) is 0. The fourth-order valence-corrected chi connectivity index (χ4v) is 8.81. The number of benzene rings is 8. The highest BCUT2D eigenvalue weighted by Crippen LogP contribution is 2.42. The van der Waals surface area contributed by atoms with Gasteiger partial charge in [0.1, 0.15) is 16.9 Å². The van der Waals surface area contributed by atoms with Gasteiger partial charge in [-0.1, -0.05) is 182 Å². The van der Waals surface area contributed by atoms with Crippen LogP contribution in [0.5, 0.6) is 0 Å². The molecule has 4 aromatic heterocycles. The van der Waals surface area contributed by atoms with Gasteiger partial charge in [-0.2, -0.15) is 5.10 Å². The van der Waals surface area contributed by atoms with Gasteiger partial charge in [0.25, 0.3) is 0 Å². The maximum Gasteiger partial charge on any atom is 0.160 e. The van der Waals surface area contributed by atoms with Gasteiger partial charge < -0.3 is 4.42 Å². The molecule has 0 spiro atoms. The molecule has 0 aliphatic rings. The van der Waals surface area contributed by atoms with Crippen molar-refractivity contribution in [1.82, 2.24) is 19.6 Å². The second kappa shape index (κ2) is 14.7. The lowest BCUT2D eigenvalue weighted by Gasteiger charge is -2.12. The van der Waals surface area contributed by atoms with Gasteiger partial charge in [-0.25, -0.2) is 14.5 Å². The summed E-state index contributed by atoms with van der Waals surface area (Å²) in [6.07, 6.45) is 0. The molecule has 0 fully saturated rings. The van der Waals surface area contributed by atoms with Gasteiger partial charge in [-0.3, -0.25) is 0 Å². The van der Waals surface area contributed by atoms with Crippen molar-refractivity contribution < 1.29 is 4.42 Å². The van der Waals surface area contributed by atoms with Gasteiger partial charge in [0, 0.05) is 49.5 Å². The first-order valence-electron chi connectivity index (χ1n) is 20.8. The summed E-state index contributed by atoms with van der Waals surface area (Å²) in [5.41, 5.74) is 15.9. The molecule has 290 valence electrons. The highest BCUT2D eigenvalue weighted by molar-refractivity contribution is 6.09. The summed E-state index contributed by atoms with van der Waals surface area (Å²) < 4.78 is 8.35. The molecule has 4 heterocycles. The number of nitrogens with zero attached hydrogens (tertiary/aromatic N) is 4. The number of rotatable bonds is 7. The van der Waals surface area contributed by atoms with E-state index in [1.807, 2.05) is 24.3 Å². The van der Waals surface area contributed by atoms with Gasteiger partial charge in [0.15, 0.2) is 5.82 Å². The SMILES string of the molecule is c1ccc(-c2cc(-c3cccc(-c4c(-c5ccccc5)nn5c(-c6ccccc6)cc6ccccc6c45)c3)nc(-c3ccc(-c4ccc5c(c4)oc4ccccc45)cc3)n2)cc1. The predicted molar refractivity (Wildman–Crippen MR) is 254 cm³/mol. The van der Waals surface area contributed by atoms with Crippen LogP contribution in [-0.4, -0.2) is 19.6 Å². The summed E-state index contributed by atoms with van der Waals surface area (Å²) in [5, 5.41) is 9.97. The summed E-state index contributed by atoms with van der Waals surface area (Å²) in [6.45, 7) is 0. The fraction of sp³-hybridized carbons (Fsp3) is 0. The Morgan fingerprint density at radius 1 is 0.355 bits per heavy atom. The molecule has 0 aliphatic carbocycles. The van der Waals surface area contributed by atoms with Crippen molar-refractivity contribution in [2.75, 3.05) is 0 Å². The van der Waals surface area contributed by atoms with Crippen LogP contribution in [0.3, 0.4) is 0 Å². The third-order valence-corrected chi connectivity index (χ3v) is 11.8. The van der Waals surface area contributed by atoms with Crippen molar-refractivity contribution in [3.63, 3.8) is 0 Å². The van der Waals surface area contributed by atoms with Crippen LogP contribution in [0.4, 0.5) is 0 Å². The van der Waals surface area contributed by atoms with E-state index in [0.717, 1.165) is 111 Å². The van der Waals surface area contributed by atoms with E-state index in [9.17, 15) is 0 Å². The molecule has 5 nitrogen and oxygen atoms in total. The minimum Gasteiger partial charge on any atom is -0.456 e.